The van der Waals surface area contributed by atoms with Crippen LogP contribution in [0, 0.1) is 5.92 Å². The number of sulfonamides is 1. The third kappa shape index (κ3) is 4.19. The molecular weight excluding hydrogens is 284 g/mol. The van der Waals surface area contributed by atoms with Gasteiger partial charge in [-0.05, 0) is 30.5 Å². The van der Waals surface area contributed by atoms with Crippen LogP contribution in [0.15, 0.2) is 23.1 Å². The van der Waals surface area contributed by atoms with Crippen LogP contribution in [-0.4, -0.2) is 37.8 Å². The van der Waals surface area contributed by atoms with Gasteiger partial charge in [0.2, 0.25) is 10.0 Å². The fourth-order valence-electron chi connectivity index (χ4n) is 1.59. The first-order valence-electron chi connectivity index (χ1n) is 6.01. The number of carbonyl (C=O) groups is 1. The van der Waals surface area contributed by atoms with E-state index < -0.39 is 16.0 Å². The van der Waals surface area contributed by atoms with Crippen molar-refractivity contribution in [2.24, 2.45) is 5.92 Å². The molecule has 0 bridgehead atoms. The summed E-state index contributed by atoms with van der Waals surface area (Å²) in [6.45, 7) is 1.84. The predicted molar refractivity (Wildman–Crippen MR) is 73.9 cm³/mol. The summed E-state index contributed by atoms with van der Waals surface area (Å²) in [7, 11) is -3.96. The largest absolute Gasteiger partial charge is 0.478 e. The second-order valence-corrected chi connectivity index (χ2v) is 6.27. The highest BCUT2D eigenvalue weighted by Crippen LogP contribution is 2.19. The number of nitrogens with one attached hydrogen (secondary N) is 1. The van der Waals surface area contributed by atoms with Gasteiger partial charge in [0.1, 0.15) is 0 Å². The highest BCUT2D eigenvalue weighted by atomic mass is 32.2. The Hall–Kier alpha value is -1.64. The first kappa shape index (κ1) is 16.4. The Kier molecular flexibility index (Phi) is 5.49. The van der Waals surface area contributed by atoms with Gasteiger partial charge in [-0.25, -0.2) is 17.9 Å². The number of carboxylic acids is 1. The van der Waals surface area contributed by atoms with E-state index in [-0.39, 0.29) is 35.2 Å². The van der Waals surface area contributed by atoms with Gasteiger partial charge < -0.3 is 15.9 Å². The molecule has 0 fully saturated rings. The molecule has 1 atom stereocenters. The summed E-state index contributed by atoms with van der Waals surface area (Å²) >= 11 is 0. The molecule has 1 aromatic rings. The zero-order chi connectivity index (χ0) is 15.3. The van der Waals surface area contributed by atoms with E-state index in [1.807, 2.05) is 0 Å². The van der Waals surface area contributed by atoms with Gasteiger partial charge in [0.15, 0.2) is 0 Å². The molecule has 0 saturated carbocycles. The van der Waals surface area contributed by atoms with Crippen molar-refractivity contribution in [3.05, 3.63) is 23.8 Å². The first-order chi connectivity index (χ1) is 9.27. The lowest BCUT2D eigenvalue weighted by Crippen LogP contribution is -2.30. The van der Waals surface area contributed by atoms with E-state index in [0.717, 1.165) is 12.1 Å². The van der Waals surface area contributed by atoms with Crippen LogP contribution in [0.4, 0.5) is 5.69 Å². The van der Waals surface area contributed by atoms with Gasteiger partial charge in [0, 0.05) is 18.8 Å². The number of carboxylic acid groups (broad SMARTS) is 1. The fraction of sp³-hybridized carbons (Fsp3) is 0.417. The lowest BCUT2D eigenvalue weighted by atomic mass is 10.1. The van der Waals surface area contributed by atoms with E-state index in [9.17, 15) is 13.2 Å². The van der Waals surface area contributed by atoms with Crippen LogP contribution in [0.5, 0.6) is 0 Å². The van der Waals surface area contributed by atoms with Crippen LogP contribution in [0.3, 0.4) is 0 Å². The van der Waals surface area contributed by atoms with E-state index in [1.54, 1.807) is 6.92 Å². The lowest BCUT2D eigenvalue weighted by Gasteiger charge is -2.13. The molecule has 8 heteroatoms. The topological polar surface area (TPSA) is 130 Å². The predicted octanol–water partition coefficient (Wildman–Crippen LogP) is 0.264. The number of hydrogen-bond donors (Lipinski definition) is 4. The monoisotopic (exact) mass is 302 g/mol. The summed E-state index contributed by atoms with van der Waals surface area (Å²) in [5.41, 5.74) is 5.34. The fourth-order valence-corrected chi connectivity index (χ4v) is 2.99. The van der Waals surface area contributed by atoms with E-state index in [1.165, 1.54) is 6.07 Å². The molecule has 0 aromatic heterocycles. The summed E-state index contributed by atoms with van der Waals surface area (Å²) in [6.07, 6.45) is 0.450. The van der Waals surface area contributed by atoms with Crippen molar-refractivity contribution in [1.29, 1.82) is 0 Å². The van der Waals surface area contributed by atoms with Crippen molar-refractivity contribution < 1.29 is 23.4 Å². The third-order valence-corrected chi connectivity index (χ3v) is 4.23. The number of benzene rings is 1. The standard InChI is InChI=1S/C12H18N2O5S/c1-8(4-5-15)7-14-20(18,19)11-6-9(13)2-3-10(11)12(16)17/h2-3,6,8,14-15H,4-5,7,13H2,1H3,(H,16,17). The molecule has 0 aliphatic carbocycles. The number of nitrogen functional groups attached to an aromatic ring is 1. The maximum absolute atomic E-state index is 12.1. The summed E-state index contributed by atoms with van der Waals surface area (Å²) in [4.78, 5) is 10.7. The van der Waals surface area contributed by atoms with E-state index in [2.05, 4.69) is 4.72 Å². The number of rotatable bonds is 7. The molecule has 20 heavy (non-hydrogen) atoms. The lowest BCUT2D eigenvalue weighted by molar-refractivity contribution is 0.0692. The number of aromatic carboxylic acids is 1. The van der Waals surface area contributed by atoms with E-state index >= 15 is 0 Å². The first-order valence-corrected chi connectivity index (χ1v) is 7.49. The average molecular weight is 302 g/mol. The molecule has 0 spiro atoms. The molecule has 1 rings (SSSR count). The Labute approximate surface area is 117 Å². The van der Waals surface area contributed by atoms with Gasteiger partial charge in [0.05, 0.1) is 10.5 Å². The maximum atomic E-state index is 12.1. The third-order valence-electron chi connectivity index (χ3n) is 2.77. The van der Waals surface area contributed by atoms with Gasteiger partial charge in [0.25, 0.3) is 0 Å². The minimum absolute atomic E-state index is 0.0401. The van der Waals surface area contributed by atoms with Crippen LogP contribution in [0.25, 0.3) is 0 Å². The molecule has 0 aliphatic rings. The molecule has 0 aliphatic heterocycles. The van der Waals surface area contributed by atoms with Crippen molar-refractivity contribution in [2.75, 3.05) is 18.9 Å². The summed E-state index contributed by atoms with van der Waals surface area (Å²) in [5.74, 6) is -1.40. The molecule has 0 heterocycles. The van der Waals surface area contributed by atoms with Crippen molar-refractivity contribution in [3.63, 3.8) is 0 Å². The normalized spacial score (nSPS) is 13.1. The molecule has 0 saturated heterocycles. The maximum Gasteiger partial charge on any atom is 0.337 e. The van der Waals surface area contributed by atoms with Crippen LogP contribution in [0.2, 0.25) is 0 Å². The average Bonchev–Trinajstić information content (AvgIpc) is 2.36. The van der Waals surface area contributed by atoms with Crippen molar-refractivity contribution in [3.8, 4) is 0 Å². The summed E-state index contributed by atoms with van der Waals surface area (Å²) in [6, 6.07) is 3.60. The summed E-state index contributed by atoms with van der Waals surface area (Å²) < 4.78 is 26.6. The highest BCUT2D eigenvalue weighted by Gasteiger charge is 2.22. The van der Waals surface area contributed by atoms with Crippen molar-refractivity contribution >= 4 is 21.7 Å². The molecule has 1 unspecified atom stereocenters. The van der Waals surface area contributed by atoms with Gasteiger partial charge in [-0.2, -0.15) is 0 Å². The zero-order valence-electron chi connectivity index (χ0n) is 11.0. The van der Waals surface area contributed by atoms with Gasteiger partial charge in [-0.1, -0.05) is 6.92 Å². The molecule has 112 valence electrons. The number of nitrogens with two attached hydrogens (primary N) is 1. The molecule has 5 N–H and O–H groups in total. The SMILES string of the molecule is CC(CCO)CNS(=O)(=O)c1cc(N)ccc1C(=O)O. The van der Waals surface area contributed by atoms with Gasteiger partial charge in [-0.3, -0.25) is 0 Å². The number of hydrogen-bond acceptors (Lipinski definition) is 5. The molecule has 7 nitrogen and oxygen atoms in total. The Morgan fingerprint density at radius 2 is 2.10 bits per heavy atom. The number of anilines is 1. The van der Waals surface area contributed by atoms with Gasteiger partial charge >= 0.3 is 5.97 Å². The van der Waals surface area contributed by atoms with Crippen LogP contribution in [-0.2, 0) is 10.0 Å². The molecular formula is C12H18N2O5S. The van der Waals surface area contributed by atoms with Crippen molar-refractivity contribution in [1.82, 2.24) is 4.72 Å². The van der Waals surface area contributed by atoms with Gasteiger partial charge in [-0.15, -0.1) is 0 Å². The Morgan fingerprint density at radius 3 is 2.65 bits per heavy atom. The second-order valence-electron chi connectivity index (χ2n) is 4.53. The molecule has 0 amide bonds. The van der Waals surface area contributed by atoms with Crippen LogP contribution < -0.4 is 10.5 Å². The summed E-state index contributed by atoms with van der Waals surface area (Å²) in [5, 5.41) is 17.8. The Bertz CT molecular complexity index is 586. The molecule has 1 aromatic carbocycles. The Morgan fingerprint density at radius 1 is 1.45 bits per heavy atom. The number of aliphatic hydroxyl groups excluding tert-OH is 1. The number of aliphatic hydroxyl groups is 1. The quantitative estimate of drug-likeness (QED) is 0.535. The minimum Gasteiger partial charge on any atom is -0.478 e. The Balaban J connectivity index is 3.03. The zero-order valence-corrected chi connectivity index (χ0v) is 11.9. The molecule has 0 radical (unpaired) electrons. The van der Waals surface area contributed by atoms with E-state index in [4.69, 9.17) is 15.9 Å². The second kappa shape index (κ2) is 6.69. The highest BCUT2D eigenvalue weighted by molar-refractivity contribution is 7.89. The minimum atomic E-state index is -3.96. The van der Waals surface area contributed by atoms with Crippen molar-refractivity contribution in [2.45, 2.75) is 18.2 Å². The van der Waals surface area contributed by atoms with E-state index in [0.29, 0.717) is 6.42 Å². The smallest absolute Gasteiger partial charge is 0.337 e. The van der Waals surface area contributed by atoms with Crippen LogP contribution in [0.1, 0.15) is 23.7 Å². The van der Waals surface area contributed by atoms with Crippen LogP contribution >= 0.6 is 0 Å².